The summed E-state index contributed by atoms with van der Waals surface area (Å²) in [6.07, 6.45) is 0.0406. The summed E-state index contributed by atoms with van der Waals surface area (Å²) in [6, 6.07) is -0.951. The van der Waals surface area contributed by atoms with E-state index < -0.39 is 55.3 Å². The molecule has 0 unspecified atom stereocenters. The van der Waals surface area contributed by atoms with Gasteiger partial charge < -0.3 is 28.6 Å². The lowest BCUT2D eigenvalue weighted by Gasteiger charge is -2.31. The summed E-state index contributed by atoms with van der Waals surface area (Å²) < 4.78 is 28.1. The number of ether oxygens (including phenoxy) is 3. The average molecular weight is 355 g/mol. The van der Waals surface area contributed by atoms with Crippen LogP contribution >= 0.6 is 0 Å². The number of carbonyl (C=O) groups is 2. The molecule has 3 aliphatic rings. The van der Waals surface area contributed by atoms with Crippen LogP contribution in [0.4, 0.5) is 0 Å². The third-order valence-corrected chi connectivity index (χ3v) is 4.44. The van der Waals surface area contributed by atoms with Gasteiger partial charge in [-0.05, 0) is 20.9 Å². The Kier molecular flexibility index (Phi) is 4.67. The Hall–Kier alpha value is -1.46. The largest absolute Gasteiger partial charge is 0.632 e. The van der Waals surface area contributed by atoms with Crippen molar-refractivity contribution in [2.45, 2.75) is 43.4 Å². The van der Waals surface area contributed by atoms with Crippen LogP contribution in [0.1, 0.15) is 13.8 Å². The zero-order chi connectivity index (χ0) is 18.4. The topological polar surface area (TPSA) is 104 Å². The van der Waals surface area contributed by atoms with Crippen molar-refractivity contribution in [2.24, 2.45) is 0 Å². The standard InChI is InChI=1S/C15H22BNO8/c1-5-15(8-18)12-11(21-14(2,3)22-12)13(23-15)16-24-9(19)6-17(4)7-10(20)25-16/h5,11-13,18H,1,6-8H2,2-4H3/t11-,12+,13-,15+/m1/s1. The highest BCUT2D eigenvalue weighted by Crippen LogP contribution is 2.45. The Morgan fingerprint density at radius 2 is 1.84 bits per heavy atom. The number of hydrogen-bond donors (Lipinski definition) is 1. The van der Waals surface area contributed by atoms with Crippen molar-refractivity contribution in [1.29, 1.82) is 0 Å². The first kappa shape index (κ1) is 18.3. The summed E-state index contributed by atoms with van der Waals surface area (Å²) in [5, 5.41) is 9.84. The summed E-state index contributed by atoms with van der Waals surface area (Å²) in [4.78, 5) is 25.5. The lowest BCUT2D eigenvalue weighted by atomic mass is 9.76. The minimum absolute atomic E-state index is 0.0537. The first-order valence-corrected chi connectivity index (χ1v) is 8.05. The number of fused-ring (bicyclic) bond motifs is 1. The molecular formula is C15H22BNO8. The molecule has 10 heteroatoms. The molecule has 3 saturated heterocycles. The van der Waals surface area contributed by atoms with Gasteiger partial charge in [0.05, 0.1) is 19.7 Å². The molecule has 1 N–H and O–H groups in total. The Bertz CT molecular complexity index is 564. The molecule has 138 valence electrons. The quantitative estimate of drug-likeness (QED) is 0.498. The van der Waals surface area contributed by atoms with E-state index in [9.17, 15) is 14.7 Å². The Balaban J connectivity index is 1.88. The molecule has 25 heavy (non-hydrogen) atoms. The van der Waals surface area contributed by atoms with Crippen LogP contribution in [0.3, 0.4) is 0 Å². The summed E-state index contributed by atoms with van der Waals surface area (Å²) in [7, 11) is 0.308. The zero-order valence-corrected chi connectivity index (χ0v) is 14.5. The van der Waals surface area contributed by atoms with E-state index in [1.165, 1.54) is 11.0 Å². The molecule has 0 amide bonds. The van der Waals surface area contributed by atoms with Gasteiger partial charge in [0.15, 0.2) is 11.8 Å². The fourth-order valence-corrected chi connectivity index (χ4v) is 3.35. The van der Waals surface area contributed by atoms with E-state index in [1.54, 1.807) is 20.9 Å². The van der Waals surface area contributed by atoms with E-state index in [0.29, 0.717) is 0 Å². The highest BCUT2D eigenvalue weighted by atomic mass is 16.8. The van der Waals surface area contributed by atoms with Gasteiger partial charge in [0, 0.05) is 0 Å². The number of aliphatic hydroxyl groups excluding tert-OH is 1. The van der Waals surface area contributed by atoms with Gasteiger partial charge in [0.25, 0.3) is 0 Å². The monoisotopic (exact) mass is 355 g/mol. The van der Waals surface area contributed by atoms with Crippen molar-refractivity contribution in [1.82, 2.24) is 4.90 Å². The smallest absolute Gasteiger partial charge is 0.496 e. The van der Waals surface area contributed by atoms with Crippen molar-refractivity contribution in [3.8, 4) is 0 Å². The van der Waals surface area contributed by atoms with E-state index >= 15 is 0 Å². The van der Waals surface area contributed by atoms with Crippen LogP contribution in [-0.4, -0.2) is 85.4 Å². The predicted molar refractivity (Wildman–Crippen MR) is 84.1 cm³/mol. The molecule has 4 atom stereocenters. The number of likely N-dealkylation sites (N-methyl/N-ethyl adjacent to an activating group) is 1. The SMILES string of the molecule is C=C[C@@]1(CO)O[C@@H](B2OC(=O)CN(C)CC(=O)O2)[C@@H]2OC(C)(C)O[C@@H]21. The number of hydrogen-bond acceptors (Lipinski definition) is 9. The summed E-state index contributed by atoms with van der Waals surface area (Å²) in [5.74, 6) is -2.05. The first-order chi connectivity index (χ1) is 11.7. The minimum Gasteiger partial charge on any atom is -0.496 e. The molecule has 0 spiro atoms. The molecule has 3 aliphatic heterocycles. The van der Waals surface area contributed by atoms with Gasteiger partial charge in [0.2, 0.25) is 0 Å². The molecule has 0 aromatic carbocycles. The predicted octanol–water partition coefficient (Wildman–Crippen LogP) is -1.12. The second kappa shape index (κ2) is 6.37. The van der Waals surface area contributed by atoms with E-state index in [0.717, 1.165) is 0 Å². The van der Waals surface area contributed by atoms with Gasteiger partial charge in [-0.1, -0.05) is 6.08 Å². The summed E-state index contributed by atoms with van der Waals surface area (Å²) in [6.45, 7) is 6.63. The van der Waals surface area contributed by atoms with Crippen LogP contribution in [-0.2, 0) is 33.1 Å². The fourth-order valence-electron chi connectivity index (χ4n) is 3.35. The second-order valence-electron chi connectivity index (χ2n) is 6.94. The first-order valence-electron chi connectivity index (χ1n) is 8.05. The highest BCUT2D eigenvalue weighted by molar-refractivity contribution is 6.51. The normalized spacial score (nSPS) is 38.6. The summed E-state index contributed by atoms with van der Waals surface area (Å²) in [5.41, 5.74) is -1.25. The third-order valence-electron chi connectivity index (χ3n) is 4.44. The van der Waals surface area contributed by atoms with Crippen molar-refractivity contribution >= 4 is 19.1 Å². The third kappa shape index (κ3) is 3.32. The summed E-state index contributed by atoms with van der Waals surface area (Å²) >= 11 is 0. The highest BCUT2D eigenvalue weighted by Gasteiger charge is 2.66. The molecule has 3 heterocycles. The number of rotatable bonds is 3. The Labute approximate surface area is 145 Å². The number of nitrogens with zero attached hydrogens (tertiary/aromatic N) is 1. The molecule has 3 fully saturated rings. The van der Waals surface area contributed by atoms with E-state index in [1.807, 2.05) is 0 Å². The fraction of sp³-hybridized carbons (Fsp3) is 0.733. The maximum Gasteiger partial charge on any atom is 0.632 e. The van der Waals surface area contributed by atoms with Gasteiger partial charge in [0.1, 0.15) is 17.8 Å². The van der Waals surface area contributed by atoms with Crippen molar-refractivity contribution in [2.75, 3.05) is 26.7 Å². The van der Waals surface area contributed by atoms with Crippen LogP contribution in [0.2, 0.25) is 0 Å². The van der Waals surface area contributed by atoms with E-state index in [-0.39, 0.29) is 13.1 Å². The van der Waals surface area contributed by atoms with Gasteiger partial charge in [-0.3, -0.25) is 14.5 Å². The molecular weight excluding hydrogens is 333 g/mol. The van der Waals surface area contributed by atoms with Gasteiger partial charge in [-0.25, -0.2) is 0 Å². The van der Waals surface area contributed by atoms with Crippen LogP contribution in [0.25, 0.3) is 0 Å². The van der Waals surface area contributed by atoms with Crippen molar-refractivity contribution in [3.05, 3.63) is 12.7 Å². The molecule has 0 radical (unpaired) electrons. The maximum atomic E-state index is 12.0. The number of aliphatic hydroxyl groups is 1. The molecule has 0 saturated carbocycles. The Morgan fingerprint density at radius 3 is 2.36 bits per heavy atom. The second-order valence-corrected chi connectivity index (χ2v) is 6.94. The van der Waals surface area contributed by atoms with Crippen LogP contribution in [0, 0.1) is 0 Å². The molecule has 0 bridgehead atoms. The van der Waals surface area contributed by atoms with Crippen LogP contribution in [0.5, 0.6) is 0 Å². The lowest BCUT2D eigenvalue weighted by Crippen LogP contribution is -2.52. The van der Waals surface area contributed by atoms with E-state index in [2.05, 4.69) is 6.58 Å². The molecule has 0 aromatic rings. The molecule has 0 aliphatic carbocycles. The zero-order valence-electron chi connectivity index (χ0n) is 14.5. The molecule has 0 aromatic heterocycles. The number of carbonyl (C=O) groups excluding carboxylic acids is 2. The van der Waals surface area contributed by atoms with Crippen LogP contribution < -0.4 is 0 Å². The lowest BCUT2D eigenvalue weighted by molar-refractivity contribution is -0.199. The van der Waals surface area contributed by atoms with Gasteiger partial charge in [-0.15, -0.1) is 6.58 Å². The van der Waals surface area contributed by atoms with E-state index in [4.69, 9.17) is 23.5 Å². The molecule has 9 nitrogen and oxygen atoms in total. The van der Waals surface area contributed by atoms with Crippen LogP contribution in [0.15, 0.2) is 12.7 Å². The van der Waals surface area contributed by atoms with Gasteiger partial charge in [-0.2, -0.15) is 0 Å². The maximum absolute atomic E-state index is 12.0. The minimum atomic E-state index is -1.30. The average Bonchev–Trinajstić information content (AvgIpc) is 2.96. The van der Waals surface area contributed by atoms with Gasteiger partial charge >= 0.3 is 19.1 Å². The van der Waals surface area contributed by atoms with Crippen molar-refractivity contribution < 1.29 is 38.2 Å². The molecule has 3 rings (SSSR count). The Morgan fingerprint density at radius 1 is 1.24 bits per heavy atom. The van der Waals surface area contributed by atoms with Crippen molar-refractivity contribution in [3.63, 3.8) is 0 Å².